The van der Waals surface area contributed by atoms with Gasteiger partial charge in [0.05, 0.1) is 0 Å². The molecule has 1 amide bonds. The van der Waals surface area contributed by atoms with Crippen LogP contribution in [0.1, 0.15) is 40.0 Å². The topological polar surface area (TPSA) is 66.8 Å². The van der Waals surface area contributed by atoms with E-state index in [1.165, 1.54) is 4.90 Å². The van der Waals surface area contributed by atoms with Gasteiger partial charge >= 0.3 is 12.1 Å². The quantitative estimate of drug-likeness (QED) is 0.741. The number of nitrogens with zero attached hydrogens (tertiary/aromatic N) is 1. The third-order valence-electron chi connectivity index (χ3n) is 3.76. The zero-order valence-electron chi connectivity index (χ0n) is 11.7. The number of hydrogen-bond donors (Lipinski definition) is 1. The largest absolute Gasteiger partial charge is 0.480 e. The van der Waals surface area contributed by atoms with Crippen LogP contribution in [0.2, 0.25) is 0 Å². The summed E-state index contributed by atoms with van der Waals surface area (Å²) in [4.78, 5) is 25.1. The SMILES string of the molecule is C=C1C[C@H]2CC[C@@H]1[C@@H](C(=O)O)N2C(=O)OC(C)(C)C. The minimum atomic E-state index is -0.971. The van der Waals surface area contributed by atoms with E-state index in [1.807, 2.05) is 0 Å². The lowest BCUT2D eigenvalue weighted by Crippen LogP contribution is -2.61. The molecule has 1 N–H and O–H groups in total. The lowest BCUT2D eigenvalue weighted by Gasteiger charge is -2.50. The van der Waals surface area contributed by atoms with Crippen LogP contribution in [0, 0.1) is 5.92 Å². The second-order valence-electron chi connectivity index (χ2n) is 6.37. The van der Waals surface area contributed by atoms with E-state index in [1.54, 1.807) is 20.8 Å². The molecule has 0 aromatic heterocycles. The number of carboxylic acid groups (broad SMARTS) is 1. The molecular formula is C14H21NO4. The summed E-state index contributed by atoms with van der Waals surface area (Å²) in [5.74, 6) is -1.11. The van der Waals surface area contributed by atoms with Gasteiger partial charge in [-0.2, -0.15) is 0 Å². The molecule has 2 bridgehead atoms. The zero-order valence-corrected chi connectivity index (χ0v) is 11.7. The lowest BCUT2D eigenvalue weighted by molar-refractivity contribution is -0.149. The Morgan fingerprint density at radius 2 is 2.00 bits per heavy atom. The minimum Gasteiger partial charge on any atom is -0.480 e. The lowest BCUT2D eigenvalue weighted by atomic mass is 9.72. The normalized spacial score (nSPS) is 30.4. The van der Waals surface area contributed by atoms with E-state index in [2.05, 4.69) is 6.58 Å². The van der Waals surface area contributed by atoms with E-state index in [9.17, 15) is 14.7 Å². The van der Waals surface area contributed by atoms with Crippen molar-refractivity contribution in [2.75, 3.05) is 0 Å². The summed E-state index contributed by atoms with van der Waals surface area (Å²) >= 11 is 0. The molecule has 3 atom stereocenters. The minimum absolute atomic E-state index is 0.0894. The van der Waals surface area contributed by atoms with Gasteiger partial charge in [0.1, 0.15) is 11.6 Å². The molecule has 0 aromatic carbocycles. The molecule has 3 rings (SSSR count). The Morgan fingerprint density at radius 1 is 1.37 bits per heavy atom. The molecule has 5 heteroatoms. The fourth-order valence-electron chi connectivity index (χ4n) is 3.04. The maximum Gasteiger partial charge on any atom is 0.411 e. The van der Waals surface area contributed by atoms with Gasteiger partial charge in [0.15, 0.2) is 0 Å². The molecule has 3 fully saturated rings. The monoisotopic (exact) mass is 267 g/mol. The van der Waals surface area contributed by atoms with E-state index >= 15 is 0 Å². The molecule has 2 saturated heterocycles. The molecule has 0 aromatic rings. The maximum absolute atomic E-state index is 12.2. The van der Waals surface area contributed by atoms with E-state index in [0.717, 1.165) is 18.4 Å². The van der Waals surface area contributed by atoms with Crippen LogP contribution in [0.4, 0.5) is 4.79 Å². The Bertz CT molecular complexity index is 424. The van der Waals surface area contributed by atoms with Crippen molar-refractivity contribution in [3.05, 3.63) is 12.2 Å². The van der Waals surface area contributed by atoms with Crippen molar-refractivity contribution in [3.63, 3.8) is 0 Å². The van der Waals surface area contributed by atoms with Crippen LogP contribution in [-0.4, -0.2) is 39.8 Å². The van der Waals surface area contributed by atoms with Crippen molar-refractivity contribution in [2.45, 2.75) is 57.7 Å². The highest BCUT2D eigenvalue weighted by Crippen LogP contribution is 2.43. The fraction of sp³-hybridized carbons (Fsp3) is 0.714. The second-order valence-corrected chi connectivity index (χ2v) is 6.37. The van der Waals surface area contributed by atoms with Gasteiger partial charge in [-0.25, -0.2) is 9.59 Å². The maximum atomic E-state index is 12.2. The number of amides is 1. The molecule has 2 aliphatic heterocycles. The highest BCUT2D eigenvalue weighted by atomic mass is 16.6. The van der Waals surface area contributed by atoms with E-state index < -0.39 is 23.7 Å². The number of aliphatic carboxylic acids is 1. The first-order valence-corrected chi connectivity index (χ1v) is 6.62. The Hall–Kier alpha value is -1.52. The first-order valence-electron chi connectivity index (χ1n) is 6.62. The van der Waals surface area contributed by atoms with Crippen molar-refractivity contribution in [2.24, 2.45) is 5.92 Å². The first-order chi connectivity index (χ1) is 8.70. The van der Waals surface area contributed by atoms with Crippen LogP contribution in [-0.2, 0) is 9.53 Å². The van der Waals surface area contributed by atoms with Gasteiger partial charge in [-0.05, 0) is 40.0 Å². The molecule has 2 heterocycles. The highest BCUT2D eigenvalue weighted by molar-refractivity contribution is 5.82. The number of carbonyl (C=O) groups excluding carboxylic acids is 1. The highest BCUT2D eigenvalue weighted by Gasteiger charge is 2.50. The summed E-state index contributed by atoms with van der Waals surface area (Å²) in [6, 6.07) is -0.914. The third-order valence-corrected chi connectivity index (χ3v) is 3.76. The van der Waals surface area contributed by atoms with Crippen molar-refractivity contribution < 1.29 is 19.4 Å². The number of carboxylic acids is 1. The second kappa shape index (κ2) is 4.54. The van der Waals surface area contributed by atoms with Crippen molar-refractivity contribution in [1.29, 1.82) is 0 Å². The number of hydrogen-bond acceptors (Lipinski definition) is 3. The molecule has 0 unspecified atom stereocenters. The van der Waals surface area contributed by atoms with Gasteiger partial charge in [-0.1, -0.05) is 12.2 Å². The van der Waals surface area contributed by atoms with Gasteiger partial charge in [0, 0.05) is 12.0 Å². The van der Waals surface area contributed by atoms with Gasteiger partial charge in [0.25, 0.3) is 0 Å². The average Bonchev–Trinajstić information content (AvgIpc) is 2.25. The van der Waals surface area contributed by atoms with Crippen molar-refractivity contribution in [1.82, 2.24) is 4.90 Å². The third kappa shape index (κ3) is 2.60. The van der Waals surface area contributed by atoms with Crippen LogP contribution in [0.5, 0.6) is 0 Å². The standard InChI is InChI=1S/C14H21NO4/c1-8-7-9-5-6-10(8)11(12(16)17)15(9)13(18)19-14(2,3)4/h9-11H,1,5-7H2,2-4H3,(H,16,17)/t9-,10+,11+/m1/s1. The van der Waals surface area contributed by atoms with Gasteiger partial charge in [-0.15, -0.1) is 0 Å². The van der Waals surface area contributed by atoms with Gasteiger partial charge in [0.2, 0.25) is 0 Å². The van der Waals surface area contributed by atoms with Crippen LogP contribution in [0.25, 0.3) is 0 Å². The summed E-state index contributed by atoms with van der Waals surface area (Å²) in [7, 11) is 0. The summed E-state index contributed by atoms with van der Waals surface area (Å²) < 4.78 is 5.34. The molecule has 0 spiro atoms. The average molecular weight is 267 g/mol. The Kier molecular flexibility index (Phi) is 3.32. The van der Waals surface area contributed by atoms with E-state index in [4.69, 9.17) is 4.74 Å². The molecular weight excluding hydrogens is 246 g/mol. The molecule has 3 aliphatic rings. The van der Waals surface area contributed by atoms with E-state index in [-0.39, 0.29) is 12.0 Å². The van der Waals surface area contributed by atoms with Crippen molar-refractivity contribution >= 4 is 12.1 Å². The molecule has 0 radical (unpaired) electrons. The number of ether oxygens (including phenoxy) is 1. The fourth-order valence-corrected chi connectivity index (χ4v) is 3.04. The summed E-state index contributed by atoms with van der Waals surface area (Å²) in [5.41, 5.74) is 0.330. The van der Waals surface area contributed by atoms with Gasteiger partial charge in [-0.3, -0.25) is 4.90 Å². The number of fused-ring (bicyclic) bond motifs is 3. The van der Waals surface area contributed by atoms with Crippen LogP contribution in [0.15, 0.2) is 12.2 Å². The smallest absolute Gasteiger partial charge is 0.411 e. The summed E-state index contributed by atoms with van der Waals surface area (Å²) in [6.45, 7) is 9.29. The molecule has 1 aliphatic carbocycles. The number of piperidine rings is 2. The Balaban J connectivity index is 2.25. The Morgan fingerprint density at radius 3 is 2.47 bits per heavy atom. The zero-order chi connectivity index (χ0) is 14.4. The van der Waals surface area contributed by atoms with E-state index in [0.29, 0.717) is 6.42 Å². The Labute approximate surface area is 113 Å². The van der Waals surface area contributed by atoms with Crippen LogP contribution < -0.4 is 0 Å². The summed E-state index contributed by atoms with van der Waals surface area (Å²) in [6.07, 6.45) is 1.78. The molecule has 5 nitrogen and oxygen atoms in total. The van der Waals surface area contributed by atoms with Gasteiger partial charge < -0.3 is 9.84 Å². The molecule has 1 saturated carbocycles. The number of rotatable bonds is 1. The predicted molar refractivity (Wildman–Crippen MR) is 69.8 cm³/mol. The molecule has 19 heavy (non-hydrogen) atoms. The van der Waals surface area contributed by atoms with Crippen LogP contribution >= 0.6 is 0 Å². The predicted octanol–water partition coefficient (Wildman–Crippen LogP) is 2.42. The molecule has 106 valence electrons. The van der Waals surface area contributed by atoms with Crippen molar-refractivity contribution in [3.8, 4) is 0 Å². The van der Waals surface area contributed by atoms with Crippen LogP contribution in [0.3, 0.4) is 0 Å². The number of carbonyl (C=O) groups is 2. The first kappa shape index (κ1) is 13.9. The summed E-state index contributed by atoms with van der Waals surface area (Å²) in [5, 5.41) is 9.41.